The molecule has 1 unspecified atom stereocenters. The van der Waals surface area contributed by atoms with Gasteiger partial charge in [-0.1, -0.05) is 55.0 Å². The molecule has 0 aliphatic carbocycles. The Bertz CT molecular complexity index is 501. The molecule has 0 aliphatic heterocycles. The molecule has 0 aliphatic rings. The Hall–Kier alpha value is -1.87. The third kappa shape index (κ3) is 5.85. The molecule has 2 N–H and O–H groups in total. The Labute approximate surface area is 120 Å². The van der Waals surface area contributed by atoms with Crippen molar-refractivity contribution in [2.75, 3.05) is 0 Å². The first-order chi connectivity index (χ1) is 9.52. The molecule has 1 atom stereocenters. The minimum Gasteiger partial charge on any atom is -0.481 e. The van der Waals surface area contributed by atoms with Crippen LogP contribution in [0.1, 0.15) is 42.9 Å². The van der Waals surface area contributed by atoms with Crippen LogP contribution in [0.4, 0.5) is 0 Å². The van der Waals surface area contributed by atoms with Crippen LogP contribution in [0.25, 0.3) is 12.2 Å². The molecule has 20 heavy (non-hydrogen) atoms. The zero-order valence-corrected chi connectivity index (χ0v) is 12.0. The predicted octanol–water partition coefficient (Wildman–Crippen LogP) is 3.66. The molecule has 0 spiro atoms. The normalized spacial score (nSPS) is 13.2. The number of hydrogen-bond donors (Lipinski definition) is 2. The summed E-state index contributed by atoms with van der Waals surface area (Å²) in [5, 5.41) is 18.1. The highest BCUT2D eigenvalue weighted by Gasteiger charge is 2.06. The zero-order chi connectivity index (χ0) is 15.0. The van der Waals surface area contributed by atoms with Crippen LogP contribution in [0.5, 0.6) is 0 Å². The summed E-state index contributed by atoms with van der Waals surface area (Å²) in [7, 11) is 0. The van der Waals surface area contributed by atoms with Crippen LogP contribution in [0.3, 0.4) is 0 Å². The lowest BCUT2D eigenvalue weighted by Crippen LogP contribution is -2.11. The highest BCUT2D eigenvalue weighted by atomic mass is 16.4. The zero-order valence-electron chi connectivity index (χ0n) is 12.0. The fourth-order valence-electron chi connectivity index (χ4n) is 1.87. The summed E-state index contributed by atoms with van der Waals surface area (Å²) < 4.78 is 0. The van der Waals surface area contributed by atoms with Crippen LogP contribution in [0.15, 0.2) is 30.4 Å². The van der Waals surface area contributed by atoms with Gasteiger partial charge >= 0.3 is 5.97 Å². The Balaban J connectivity index is 2.75. The fraction of sp³-hybridized carbons (Fsp3) is 0.353. The van der Waals surface area contributed by atoms with Gasteiger partial charge in [0.05, 0.1) is 12.5 Å². The summed E-state index contributed by atoms with van der Waals surface area (Å²) >= 11 is 0. The van der Waals surface area contributed by atoms with E-state index in [1.165, 1.54) is 5.56 Å². The van der Waals surface area contributed by atoms with E-state index in [2.05, 4.69) is 25.1 Å². The second-order valence-electron chi connectivity index (χ2n) is 4.83. The standard InChI is InChI=1S/C17H22O3/c1-3-4-6-15-11-13(2)9-10-14(15)7-5-8-16(18)12-17(19)20/h4-7,9-11,16,18H,3,8,12H2,1-2H3,(H,19,20)/b6-4+,7-5+. The quantitative estimate of drug-likeness (QED) is 0.797. The Morgan fingerprint density at radius 3 is 2.60 bits per heavy atom. The topological polar surface area (TPSA) is 57.5 Å². The van der Waals surface area contributed by atoms with Crippen molar-refractivity contribution in [2.24, 2.45) is 0 Å². The number of carboxylic acid groups (broad SMARTS) is 1. The number of aliphatic carboxylic acids is 1. The smallest absolute Gasteiger partial charge is 0.305 e. The van der Waals surface area contributed by atoms with E-state index in [-0.39, 0.29) is 6.42 Å². The van der Waals surface area contributed by atoms with Gasteiger partial charge in [0.15, 0.2) is 0 Å². The summed E-state index contributed by atoms with van der Waals surface area (Å²) in [5.41, 5.74) is 3.41. The first-order valence-corrected chi connectivity index (χ1v) is 6.86. The molecule has 1 aromatic rings. The molecule has 0 amide bonds. The number of carboxylic acids is 1. The number of benzene rings is 1. The van der Waals surface area contributed by atoms with Gasteiger partial charge in [-0.3, -0.25) is 4.79 Å². The molecule has 108 valence electrons. The van der Waals surface area contributed by atoms with Gasteiger partial charge in [-0.25, -0.2) is 0 Å². The number of aryl methyl sites for hydroxylation is 1. The number of carbonyl (C=O) groups is 1. The van der Waals surface area contributed by atoms with Gasteiger partial charge in [0, 0.05) is 0 Å². The molecular formula is C17H22O3. The lowest BCUT2D eigenvalue weighted by Gasteiger charge is -2.05. The summed E-state index contributed by atoms with van der Waals surface area (Å²) in [5.74, 6) is -0.979. The number of rotatable bonds is 7. The minimum absolute atomic E-state index is 0.221. The van der Waals surface area contributed by atoms with Crippen LogP contribution in [0.2, 0.25) is 0 Å². The van der Waals surface area contributed by atoms with Crippen LogP contribution in [0, 0.1) is 6.92 Å². The summed E-state index contributed by atoms with van der Waals surface area (Å²) in [6, 6.07) is 6.18. The lowest BCUT2D eigenvalue weighted by atomic mass is 10.0. The number of allylic oxidation sites excluding steroid dienone is 1. The second kappa shape index (κ2) is 8.33. The van der Waals surface area contributed by atoms with Crippen molar-refractivity contribution < 1.29 is 15.0 Å². The number of hydrogen-bond acceptors (Lipinski definition) is 2. The van der Waals surface area contributed by atoms with E-state index < -0.39 is 12.1 Å². The van der Waals surface area contributed by atoms with Crippen molar-refractivity contribution in [3.63, 3.8) is 0 Å². The highest BCUT2D eigenvalue weighted by Crippen LogP contribution is 2.16. The van der Waals surface area contributed by atoms with E-state index in [0.29, 0.717) is 6.42 Å². The molecule has 0 heterocycles. The van der Waals surface area contributed by atoms with Crippen LogP contribution < -0.4 is 0 Å². The largest absolute Gasteiger partial charge is 0.481 e. The van der Waals surface area contributed by atoms with E-state index in [9.17, 15) is 9.90 Å². The minimum atomic E-state index is -0.979. The first kappa shape index (κ1) is 16.2. The van der Waals surface area contributed by atoms with Crippen molar-refractivity contribution in [1.29, 1.82) is 0 Å². The molecule has 0 aromatic heterocycles. The average molecular weight is 274 g/mol. The third-order valence-electron chi connectivity index (χ3n) is 2.89. The summed E-state index contributed by atoms with van der Waals surface area (Å²) in [6.07, 6.45) is 8.21. The Kier molecular flexibility index (Phi) is 6.74. The van der Waals surface area contributed by atoms with Crippen molar-refractivity contribution >= 4 is 18.1 Å². The van der Waals surface area contributed by atoms with Gasteiger partial charge in [0.1, 0.15) is 0 Å². The molecule has 3 nitrogen and oxygen atoms in total. The van der Waals surface area contributed by atoms with Crippen LogP contribution in [-0.2, 0) is 4.79 Å². The highest BCUT2D eigenvalue weighted by molar-refractivity contribution is 5.68. The molecular weight excluding hydrogens is 252 g/mol. The second-order valence-corrected chi connectivity index (χ2v) is 4.83. The predicted molar refractivity (Wildman–Crippen MR) is 82.4 cm³/mol. The van der Waals surface area contributed by atoms with Gasteiger partial charge in [-0.15, -0.1) is 0 Å². The monoisotopic (exact) mass is 274 g/mol. The van der Waals surface area contributed by atoms with E-state index >= 15 is 0 Å². The van der Waals surface area contributed by atoms with E-state index in [1.54, 1.807) is 0 Å². The van der Waals surface area contributed by atoms with Crippen LogP contribution >= 0.6 is 0 Å². The molecule has 3 heteroatoms. The molecule has 0 saturated heterocycles. The van der Waals surface area contributed by atoms with Gasteiger partial charge in [0.25, 0.3) is 0 Å². The lowest BCUT2D eigenvalue weighted by molar-refractivity contribution is -0.139. The SMILES string of the molecule is CC/C=C/c1cc(C)ccc1/C=C/CC(O)CC(=O)O. The number of aliphatic hydroxyl groups excluding tert-OH is 1. The molecule has 0 bridgehead atoms. The first-order valence-electron chi connectivity index (χ1n) is 6.86. The van der Waals surface area contributed by atoms with Crippen molar-refractivity contribution in [2.45, 2.75) is 39.2 Å². The molecule has 0 fully saturated rings. The van der Waals surface area contributed by atoms with Gasteiger partial charge in [-0.05, 0) is 30.9 Å². The fourth-order valence-corrected chi connectivity index (χ4v) is 1.87. The van der Waals surface area contributed by atoms with Crippen molar-refractivity contribution in [3.05, 3.63) is 47.0 Å². The van der Waals surface area contributed by atoms with Gasteiger partial charge < -0.3 is 10.2 Å². The Morgan fingerprint density at radius 2 is 1.95 bits per heavy atom. The van der Waals surface area contributed by atoms with Gasteiger partial charge in [0.2, 0.25) is 0 Å². The van der Waals surface area contributed by atoms with E-state index in [0.717, 1.165) is 17.5 Å². The number of aliphatic hydroxyl groups is 1. The van der Waals surface area contributed by atoms with E-state index in [4.69, 9.17) is 5.11 Å². The third-order valence-corrected chi connectivity index (χ3v) is 2.89. The molecule has 0 radical (unpaired) electrons. The van der Waals surface area contributed by atoms with Crippen molar-refractivity contribution in [3.8, 4) is 0 Å². The Morgan fingerprint density at radius 1 is 1.25 bits per heavy atom. The maximum atomic E-state index is 10.5. The van der Waals surface area contributed by atoms with Crippen molar-refractivity contribution in [1.82, 2.24) is 0 Å². The molecule has 1 rings (SSSR count). The van der Waals surface area contributed by atoms with Gasteiger partial charge in [-0.2, -0.15) is 0 Å². The average Bonchev–Trinajstić information content (AvgIpc) is 2.37. The molecule has 1 aromatic carbocycles. The summed E-state index contributed by atoms with van der Waals surface area (Å²) in [4.78, 5) is 10.5. The summed E-state index contributed by atoms with van der Waals surface area (Å²) in [6.45, 7) is 4.14. The molecule has 0 saturated carbocycles. The maximum Gasteiger partial charge on any atom is 0.305 e. The van der Waals surface area contributed by atoms with Crippen LogP contribution in [-0.4, -0.2) is 22.3 Å². The van der Waals surface area contributed by atoms with E-state index in [1.807, 2.05) is 31.2 Å². The maximum absolute atomic E-state index is 10.5.